The Morgan fingerprint density at radius 3 is 2.74 bits per heavy atom. The Kier molecular flexibility index (Phi) is 3.55. The van der Waals surface area contributed by atoms with Crippen LogP contribution in [0, 0.1) is 12.8 Å². The summed E-state index contributed by atoms with van der Waals surface area (Å²) in [5, 5.41) is 3.55. The van der Waals surface area contributed by atoms with Crippen LogP contribution < -0.4 is 5.32 Å². The summed E-state index contributed by atoms with van der Waals surface area (Å²) in [4.78, 5) is 21.4. The van der Waals surface area contributed by atoms with Gasteiger partial charge in [-0.2, -0.15) is 0 Å². The minimum Gasteiger partial charge on any atom is -0.345 e. The fourth-order valence-electron chi connectivity index (χ4n) is 2.71. The monoisotopic (exact) mass is 262 g/mol. The molecular formula is C14H22N4O. The highest BCUT2D eigenvalue weighted by Crippen LogP contribution is 2.31. The van der Waals surface area contributed by atoms with Gasteiger partial charge in [-0.15, -0.1) is 0 Å². The van der Waals surface area contributed by atoms with Gasteiger partial charge in [-0.25, -0.2) is 4.98 Å². The SMILES string of the molecule is Cc1ncc(CNC2CCN(C(=O)C3CC3)CC2)[nH]1. The summed E-state index contributed by atoms with van der Waals surface area (Å²) in [5.74, 6) is 1.71. The van der Waals surface area contributed by atoms with Crippen LogP contribution in [0.4, 0.5) is 0 Å². The van der Waals surface area contributed by atoms with Crippen LogP contribution >= 0.6 is 0 Å². The van der Waals surface area contributed by atoms with Crippen molar-refractivity contribution in [1.82, 2.24) is 20.2 Å². The van der Waals surface area contributed by atoms with Gasteiger partial charge in [0, 0.05) is 43.5 Å². The van der Waals surface area contributed by atoms with Crippen LogP contribution in [0.25, 0.3) is 0 Å². The Morgan fingerprint density at radius 2 is 2.16 bits per heavy atom. The molecule has 2 heterocycles. The van der Waals surface area contributed by atoms with E-state index >= 15 is 0 Å². The molecule has 2 fully saturated rings. The zero-order valence-corrected chi connectivity index (χ0v) is 11.5. The van der Waals surface area contributed by atoms with E-state index in [0.717, 1.165) is 56.8 Å². The molecule has 5 heteroatoms. The Morgan fingerprint density at radius 1 is 1.42 bits per heavy atom. The van der Waals surface area contributed by atoms with Crippen molar-refractivity contribution in [3.05, 3.63) is 17.7 Å². The predicted molar refractivity (Wildman–Crippen MR) is 72.5 cm³/mol. The molecule has 104 valence electrons. The van der Waals surface area contributed by atoms with Crippen molar-refractivity contribution in [3.63, 3.8) is 0 Å². The van der Waals surface area contributed by atoms with Gasteiger partial charge in [0.15, 0.2) is 0 Å². The van der Waals surface area contributed by atoms with Gasteiger partial charge < -0.3 is 15.2 Å². The molecule has 0 spiro atoms. The van der Waals surface area contributed by atoms with E-state index in [1.54, 1.807) is 0 Å². The first-order valence-electron chi connectivity index (χ1n) is 7.25. The highest BCUT2D eigenvalue weighted by molar-refractivity contribution is 5.81. The van der Waals surface area contributed by atoms with E-state index in [-0.39, 0.29) is 0 Å². The van der Waals surface area contributed by atoms with E-state index in [1.165, 1.54) is 0 Å². The topological polar surface area (TPSA) is 61.0 Å². The molecule has 1 aromatic heterocycles. The van der Waals surface area contributed by atoms with Gasteiger partial charge in [-0.05, 0) is 32.6 Å². The molecular weight excluding hydrogens is 240 g/mol. The van der Waals surface area contributed by atoms with Crippen molar-refractivity contribution in [1.29, 1.82) is 0 Å². The second-order valence-corrected chi connectivity index (χ2v) is 5.75. The number of carbonyl (C=O) groups excluding carboxylic acids is 1. The van der Waals surface area contributed by atoms with Gasteiger partial charge in [0.05, 0.1) is 0 Å². The fourth-order valence-corrected chi connectivity index (χ4v) is 2.71. The first-order valence-corrected chi connectivity index (χ1v) is 7.25. The Labute approximate surface area is 113 Å². The quantitative estimate of drug-likeness (QED) is 0.857. The minimum absolute atomic E-state index is 0.359. The molecule has 2 N–H and O–H groups in total. The van der Waals surface area contributed by atoms with Crippen molar-refractivity contribution in [2.24, 2.45) is 5.92 Å². The maximum absolute atomic E-state index is 11.9. The molecule has 1 aliphatic carbocycles. The van der Waals surface area contributed by atoms with Crippen molar-refractivity contribution < 1.29 is 4.79 Å². The van der Waals surface area contributed by atoms with Gasteiger partial charge in [-0.1, -0.05) is 0 Å². The number of piperidine rings is 1. The van der Waals surface area contributed by atoms with Crippen LogP contribution in [0.1, 0.15) is 37.2 Å². The number of carbonyl (C=O) groups is 1. The fraction of sp³-hybridized carbons (Fsp3) is 0.714. The molecule has 19 heavy (non-hydrogen) atoms. The number of amides is 1. The van der Waals surface area contributed by atoms with E-state index in [0.29, 0.717) is 17.9 Å². The van der Waals surface area contributed by atoms with E-state index in [2.05, 4.69) is 20.2 Å². The molecule has 0 atom stereocenters. The maximum atomic E-state index is 11.9. The van der Waals surface area contributed by atoms with Crippen LogP contribution in [0.2, 0.25) is 0 Å². The van der Waals surface area contributed by atoms with Crippen LogP contribution in [-0.2, 0) is 11.3 Å². The largest absolute Gasteiger partial charge is 0.345 e. The van der Waals surface area contributed by atoms with Crippen LogP contribution in [0.5, 0.6) is 0 Å². The molecule has 2 aliphatic rings. The lowest BCUT2D eigenvalue weighted by atomic mass is 10.0. The van der Waals surface area contributed by atoms with Gasteiger partial charge in [0.1, 0.15) is 5.82 Å². The third kappa shape index (κ3) is 3.15. The normalized spacial score (nSPS) is 20.8. The molecule has 1 aliphatic heterocycles. The molecule has 5 nitrogen and oxygen atoms in total. The average molecular weight is 262 g/mol. The van der Waals surface area contributed by atoms with Crippen LogP contribution in [-0.4, -0.2) is 39.9 Å². The lowest BCUT2D eigenvalue weighted by molar-refractivity contribution is -0.133. The number of nitrogens with zero attached hydrogens (tertiary/aromatic N) is 2. The Balaban J connectivity index is 1.41. The summed E-state index contributed by atoms with van der Waals surface area (Å²) in [6.45, 7) is 4.62. The molecule has 1 saturated carbocycles. The highest BCUT2D eigenvalue weighted by Gasteiger charge is 2.34. The highest BCUT2D eigenvalue weighted by atomic mass is 16.2. The van der Waals surface area contributed by atoms with Gasteiger partial charge >= 0.3 is 0 Å². The number of nitrogens with one attached hydrogen (secondary N) is 2. The molecule has 1 saturated heterocycles. The molecule has 0 unspecified atom stereocenters. The summed E-state index contributed by atoms with van der Waals surface area (Å²) in [7, 11) is 0. The summed E-state index contributed by atoms with van der Waals surface area (Å²) < 4.78 is 0. The first kappa shape index (κ1) is 12.7. The van der Waals surface area contributed by atoms with Crippen molar-refractivity contribution in [3.8, 4) is 0 Å². The second-order valence-electron chi connectivity index (χ2n) is 5.75. The smallest absolute Gasteiger partial charge is 0.225 e. The number of aromatic amines is 1. The summed E-state index contributed by atoms with van der Waals surface area (Å²) in [5.41, 5.74) is 1.13. The Bertz CT molecular complexity index is 444. The molecule has 3 rings (SSSR count). The van der Waals surface area contributed by atoms with Crippen molar-refractivity contribution in [2.75, 3.05) is 13.1 Å². The third-order valence-electron chi connectivity index (χ3n) is 4.07. The van der Waals surface area contributed by atoms with Crippen molar-refractivity contribution in [2.45, 2.75) is 45.2 Å². The molecule has 0 bridgehead atoms. The van der Waals surface area contributed by atoms with Gasteiger partial charge in [0.2, 0.25) is 5.91 Å². The summed E-state index contributed by atoms with van der Waals surface area (Å²) in [6, 6.07) is 0.520. The lowest BCUT2D eigenvalue weighted by Gasteiger charge is -2.32. The van der Waals surface area contributed by atoms with E-state index in [1.807, 2.05) is 13.1 Å². The molecule has 0 radical (unpaired) electrons. The van der Waals surface area contributed by atoms with Crippen LogP contribution in [0.15, 0.2) is 6.20 Å². The number of hydrogen-bond donors (Lipinski definition) is 2. The number of hydrogen-bond acceptors (Lipinski definition) is 3. The zero-order chi connectivity index (χ0) is 13.2. The van der Waals surface area contributed by atoms with Crippen molar-refractivity contribution >= 4 is 5.91 Å². The summed E-state index contributed by atoms with van der Waals surface area (Å²) in [6.07, 6.45) is 6.22. The van der Waals surface area contributed by atoms with E-state index in [4.69, 9.17) is 0 Å². The number of H-pyrrole nitrogens is 1. The van der Waals surface area contributed by atoms with Gasteiger partial charge in [0.25, 0.3) is 0 Å². The molecule has 0 aromatic carbocycles. The predicted octanol–water partition coefficient (Wildman–Crippen LogP) is 1.21. The number of aromatic nitrogens is 2. The number of likely N-dealkylation sites (tertiary alicyclic amines) is 1. The van der Waals surface area contributed by atoms with E-state index < -0.39 is 0 Å². The first-order chi connectivity index (χ1) is 9.22. The lowest BCUT2D eigenvalue weighted by Crippen LogP contribution is -2.45. The average Bonchev–Trinajstić information content (AvgIpc) is 3.19. The number of imidazole rings is 1. The third-order valence-corrected chi connectivity index (χ3v) is 4.07. The second kappa shape index (κ2) is 5.33. The zero-order valence-electron chi connectivity index (χ0n) is 11.5. The maximum Gasteiger partial charge on any atom is 0.225 e. The van der Waals surface area contributed by atoms with E-state index in [9.17, 15) is 4.79 Å². The van der Waals surface area contributed by atoms with Gasteiger partial charge in [-0.3, -0.25) is 4.79 Å². The summed E-state index contributed by atoms with van der Waals surface area (Å²) >= 11 is 0. The number of aryl methyl sites for hydroxylation is 1. The standard InChI is InChI=1S/C14H22N4O/c1-10-15-8-13(17-10)9-16-12-4-6-18(7-5-12)14(19)11-2-3-11/h8,11-12,16H,2-7,9H2,1H3,(H,15,17). The Hall–Kier alpha value is -1.36. The molecule has 1 amide bonds. The minimum atomic E-state index is 0.359. The van der Waals surface area contributed by atoms with Crippen LogP contribution in [0.3, 0.4) is 0 Å². The number of rotatable bonds is 4. The molecule has 1 aromatic rings.